The summed E-state index contributed by atoms with van der Waals surface area (Å²) >= 11 is 6.15. The standard InChI is InChI=1S/C19H23ClN6O2/c1-10-17(20)11(2)25-18(24-10)14-8-26(9-15(14)23)19(27)13-4-3-12(22)7-16(13)28-6-5-21/h3-4,7,14,23H,5-6,8-9,21-22H2,1-2H3. The molecule has 1 fully saturated rings. The number of aromatic nitrogens is 2. The summed E-state index contributed by atoms with van der Waals surface area (Å²) in [6, 6.07) is 4.89. The molecule has 0 bridgehead atoms. The number of carbonyl (C=O) groups excluding carboxylic acids is 1. The molecule has 5 N–H and O–H groups in total. The lowest BCUT2D eigenvalue weighted by atomic mass is 10.1. The van der Waals surface area contributed by atoms with Crippen LogP contribution in [0, 0.1) is 19.3 Å². The van der Waals surface area contributed by atoms with Crippen molar-refractivity contribution in [1.82, 2.24) is 14.9 Å². The van der Waals surface area contributed by atoms with Gasteiger partial charge in [0, 0.05) is 30.6 Å². The minimum Gasteiger partial charge on any atom is -0.491 e. The molecule has 2 aromatic rings. The minimum absolute atomic E-state index is 0.203. The third-order valence-corrected chi connectivity index (χ3v) is 5.14. The van der Waals surface area contributed by atoms with Crippen LogP contribution in [0.2, 0.25) is 5.02 Å². The lowest BCUT2D eigenvalue weighted by Crippen LogP contribution is -2.29. The van der Waals surface area contributed by atoms with Crippen molar-refractivity contribution in [3.8, 4) is 5.75 Å². The molecule has 1 aliphatic rings. The SMILES string of the molecule is Cc1nc(C2CN(C(=O)c3ccc(N)cc3OCCN)CC2=N)nc(C)c1Cl. The number of hydrogen-bond donors (Lipinski definition) is 3. The maximum atomic E-state index is 13.1. The maximum Gasteiger partial charge on any atom is 0.257 e. The number of ether oxygens (including phenoxy) is 1. The monoisotopic (exact) mass is 402 g/mol. The average molecular weight is 403 g/mol. The predicted molar refractivity (Wildman–Crippen MR) is 108 cm³/mol. The summed E-state index contributed by atoms with van der Waals surface area (Å²) in [5, 5.41) is 8.87. The number of hydrogen-bond acceptors (Lipinski definition) is 7. The normalized spacial score (nSPS) is 16.5. The van der Waals surface area contributed by atoms with Crippen LogP contribution in [0.4, 0.5) is 5.69 Å². The van der Waals surface area contributed by atoms with Crippen molar-refractivity contribution >= 4 is 28.9 Å². The first kappa shape index (κ1) is 20.0. The van der Waals surface area contributed by atoms with E-state index in [1.54, 1.807) is 36.9 Å². The zero-order chi connectivity index (χ0) is 20.4. The van der Waals surface area contributed by atoms with Gasteiger partial charge in [-0.25, -0.2) is 9.97 Å². The number of aryl methyl sites for hydroxylation is 2. The van der Waals surface area contributed by atoms with E-state index in [2.05, 4.69) is 9.97 Å². The highest BCUT2D eigenvalue weighted by Gasteiger charge is 2.35. The van der Waals surface area contributed by atoms with Crippen LogP contribution in [0.1, 0.15) is 33.5 Å². The third-order valence-electron chi connectivity index (χ3n) is 4.59. The fraction of sp³-hybridized carbons (Fsp3) is 0.368. The average Bonchev–Trinajstić information content (AvgIpc) is 3.05. The van der Waals surface area contributed by atoms with E-state index in [1.165, 1.54) is 0 Å². The van der Waals surface area contributed by atoms with Gasteiger partial charge < -0.3 is 26.5 Å². The smallest absolute Gasteiger partial charge is 0.257 e. The fourth-order valence-electron chi connectivity index (χ4n) is 3.16. The fourth-order valence-corrected chi connectivity index (χ4v) is 3.25. The molecule has 1 unspecified atom stereocenters. The summed E-state index contributed by atoms with van der Waals surface area (Å²) in [7, 11) is 0. The van der Waals surface area contributed by atoms with Crippen molar-refractivity contribution in [2.75, 3.05) is 32.0 Å². The molecule has 0 aliphatic carbocycles. The molecule has 28 heavy (non-hydrogen) atoms. The first-order valence-corrected chi connectivity index (χ1v) is 9.29. The van der Waals surface area contributed by atoms with Crippen molar-refractivity contribution in [1.29, 1.82) is 5.41 Å². The maximum absolute atomic E-state index is 13.1. The van der Waals surface area contributed by atoms with Gasteiger partial charge in [0.25, 0.3) is 5.91 Å². The van der Waals surface area contributed by atoms with Crippen molar-refractivity contribution < 1.29 is 9.53 Å². The Morgan fingerprint density at radius 2 is 2.04 bits per heavy atom. The molecule has 1 aromatic carbocycles. The Kier molecular flexibility index (Phi) is 5.81. The molecule has 1 aromatic heterocycles. The highest BCUT2D eigenvalue weighted by molar-refractivity contribution is 6.31. The summed E-state index contributed by atoms with van der Waals surface area (Å²) in [6.45, 7) is 4.73. The molecule has 0 spiro atoms. The number of amides is 1. The minimum atomic E-state index is -0.360. The molecule has 148 valence electrons. The number of benzene rings is 1. The van der Waals surface area contributed by atoms with Gasteiger partial charge in [-0.05, 0) is 26.0 Å². The Labute approximate surface area is 168 Å². The van der Waals surface area contributed by atoms with Gasteiger partial charge in [0.05, 0.1) is 34.4 Å². The summed E-state index contributed by atoms with van der Waals surface area (Å²) in [5.74, 6) is 0.305. The van der Waals surface area contributed by atoms with Crippen molar-refractivity contribution in [2.45, 2.75) is 19.8 Å². The van der Waals surface area contributed by atoms with Crippen molar-refractivity contribution in [3.63, 3.8) is 0 Å². The van der Waals surface area contributed by atoms with Crippen LogP contribution in [0.5, 0.6) is 5.75 Å². The van der Waals surface area contributed by atoms with Gasteiger partial charge in [-0.15, -0.1) is 0 Å². The number of halogens is 1. The second-order valence-electron chi connectivity index (χ2n) is 6.72. The van der Waals surface area contributed by atoms with Crippen LogP contribution in [0.25, 0.3) is 0 Å². The van der Waals surface area contributed by atoms with Crippen LogP contribution in [-0.2, 0) is 0 Å². The third kappa shape index (κ3) is 3.93. The van der Waals surface area contributed by atoms with Crippen LogP contribution >= 0.6 is 11.6 Å². The van der Waals surface area contributed by atoms with Gasteiger partial charge in [-0.1, -0.05) is 11.6 Å². The van der Waals surface area contributed by atoms with E-state index < -0.39 is 0 Å². The van der Waals surface area contributed by atoms with Crippen LogP contribution in [0.3, 0.4) is 0 Å². The van der Waals surface area contributed by atoms with Crippen LogP contribution in [-0.4, -0.2) is 52.7 Å². The van der Waals surface area contributed by atoms with E-state index in [1.807, 2.05) is 0 Å². The number of nitrogen functional groups attached to an aromatic ring is 1. The van der Waals surface area contributed by atoms with Crippen LogP contribution < -0.4 is 16.2 Å². The number of likely N-dealkylation sites (tertiary alicyclic amines) is 1. The Morgan fingerprint density at radius 3 is 2.68 bits per heavy atom. The molecule has 1 aliphatic heterocycles. The predicted octanol–water partition coefficient (Wildman–Crippen LogP) is 1.93. The first-order chi connectivity index (χ1) is 13.3. The number of carbonyl (C=O) groups is 1. The topological polar surface area (TPSA) is 131 Å². The molecule has 1 saturated heterocycles. The Bertz CT molecular complexity index is 910. The molecular formula is C19H23ClN6O2. The van der Waals surface area contributed by atoms with E-state index in [4.69, 9.17) is 33.2 Å². The largest absolute Gasteiger partial charge is 0.491 e. The molecular weight excluding hydrogens is 380 g/mol. The van der Waals surface area contributed by atoms with Gasteiger partial charge in [0.15, 0.2) is 0 Å². The Balaban J connectivity index is 1.85. The summed E-state index contributed by atoms with van der Waals surface area (Å²) < 4.78 is 5.59. The number of anilines is 1. The summed E-state index contributed by atoms with van der Waals surface area (Å²) in [5.41, 5.74) is 13.9. The van der Waals surface area contributed by atoms with E-state index in [9.17, 15) is 4.79 Å². The Hall–Kier alpha value is -2.71. The van der Waals surface area contributed by atoms with Crippen LogP contribution in [0.15, 0.2) is 18.2 Å². The molecule has 1 amide bonds. The van der Waals surface area contributed by atoms with Crippen molar-refractivity contribution in [3.05, 3.63) is 46.0 Å². The molecule has 0 saturated carbocycles. The lowest BCUT2D eigenvalue weighted by Gasteiger charge is -2.18. The summed E-state index contributed by atoms with van der Waals surface area (Å²) in [6.07, 6.45) is 0. The molecule has 0 radical (unpaired) electrons. The van der Waals surface area contributed by atoms with E-state index in [-0.39, 0.29) is 25.0 Å². The highest BCUT2D eigenvalue weighted by atomic mass is 35.5. The molecule has 1 atom stereocenters. The zero-order valence-corrected chi connectivity index (χ0v) is 16.6. The Morgan fingerprint density at radius 1 is 1.36 bits per heavy atom. The van der Waals surface area contributed by atoms with E-state index in [0.717, 1.165) is 0 Å². The number of nitrogens with one attached hydrogen (secondary N) is 1. The van der Waals surface area contributed by atoms with Crippen molar-refractivity contribution in [2.24, 2.45) is 5.73 Å². The van der Waals surface area contributed by atoms with Gasteiger partial charge >= 0.3 is 0 Å². The first-order valence-electron chi connectivity index (χ1n) is 8.91. The quantitative estimate of drug-likeness (QED) is 0.655. The van der Waals surface area contributed by atoms with Gasteiger partial charge in [0.2, 0.25) is 0 Å². The van der Waals surface area contributed by atoms with Gasteiger partial charge in [0.1, 0.15) is 18.2 Å². The number of nitrogens with zero attached hydrogens (tertiary/aromatic N) is 3. The second kappa shape index (κ2) is 8.12. The molecule has 2 heterocycles. The zero-order valence-electron chi connectivity index (χ0n) is 15.8. The highest BCUT2D eigenvalue weighted by Crippen LogP contribution is 2.29. The van der Waals surface area contributed by atoms with Gasteiger partial charge in [-0.3, -0.25) is 4.79 Å². The molecule has 3 rings (SSSR count). The van der Waals surface area contributed by atoms with E-state index >= 15 is 0 Å². The van der Waals surface area contributed by atoms with Gasteiger partial charge in [-0.2, -0.15) is 0 Å². The molecule has 8 nitrogen and oxygen atoms in total. The second-order valence-corrected chi connectivity index (χ2v) is 7.10. The lowest BCUT2D eigenvalue weighted by molar-refractivity contribution is 0.0790. The summed E-state index contributed by atoms with van der Waals surface area (Å²) in [4.78, 5) is 23.5. The number of nitrogens with two attached hydrogens (primary N) is 2. The number of rotatable bonds is 5. The molecule has 9 heteroatoms. The van der Waals surface area contributed by atoms with E-state index in [0.29, 0.717) is 58.0 Å².